The first-order valence-electron chi connectivity index (χ1n) is 8.93. The van der Waals surface area contributed by atoms with Crippen molar-refractivity contribution in [3.05, 3.63) is 71.8 Å². The van der Waals surface area contributed by atoms with Crippen molar-refractivity contribution >= 4 is 6.03 Å². The van der Waals surface area contributed by atoms with Gasteiger partial charge in [0.2, 0.25) is 0 Å². The summed E-state index contributed by atoms with van der Waals surface area (Å²) < 4.78 is 4.07. The molecule has 0 spiro atoms. The van der Waals surface area contributed by atoms with Gasteiger partial charge in [-0.2, -0.15) is 5.10 Å². The molecule has 6 heteroatoms. The molecule has 3 heterocycles. The molecule has 4 rings (SSSR count). The number of hydrogen-bond donors (Lipinski definition) is 1. The zero-order valence-electron chi connectivity index (χ0n) is 15.1. The second-order valence-corrected chi connectivity index (χ2v) is 6.67. The summed E-state index contributed by atoms with van der Waals surface area (Å²) in [5.74, 6) is 0. The van der Waals surface area contributed by atoms with Gasteiger partial charge < -0.3 is 14.8 Å². The molecule has 1 N–H and O–H groups in total. The van der Waals surface area contributed by atoms with Gasteiger partial charge in [0.15, 0.2) is 0 Å². The van der Waals surface area contributed by atoms with E-state index >= 15 is 0 Å². The molecule has 1 aromatic carbocycles. The number of carbonyl (C=O) groups excluding carboxylic acids is 1. The highest BCUT2D eigenvalue weighted by atomic mass is 16.2. The summed E-state index contributed by atoms with van der Waals surface area (Å²) in [7, 11) is 0. The van der Waals surface area contributed by atoms with Gasteiger partial charge in [0, 0.05) is 43.3 Å². The molecule has 2 aromatic heterocycles. The van der Waals surface area contributed by atoms with E-state index in [1.54, 1.807) is 0 Å². The Morgan fingerprint density at radius 2 is 2.00 bits per heavy atom. The number of aromatic nitrogens is 3. The van der Waals surface area contributed by atoms with Crippen LogP contribution in [0.1, 0.15) is 29.9 Å². The summed E-state index contributed by atoms with van der Waals surface area (Å²) in [4.78, 5) is 14.6. The normalized spacial score (nSPS) is 16.4. The first-order valence-corrected chi connectivity index (χ1v) is 8.93. The Morgan fingerprint density at radius 1 is 1.19 bits per heavy atom. The highest BCUT2D eigenvalue weighted by molar-refractivity contribution is 5.74. The molecule has 26 heavy (non-hydrogen) atoms. The van der Waals surface area contributed by atoms with Gasteiger partial charge in [-0.1, -0.05) is 18.2 Å². The second-order valence-electron chi connectivity index (χ2n) is 6.67. The monoisotopic (exact) mass is 349 g/mol. The van der Waals surface area contributed by atoms with Crippen molar-refractivity contribution in [1.82, 2.24) is 24.6 Å². The lowest BCUT2D eigenvalue weighted by atomic mass is 10.1. The molecule has 134 valence electrons. The molecule has 6 nitrogen and oxygen atoms in total. The third-order valence-corrected chi connectivity index (χ3v) is 5.05. The maximum atomic E-state index is 12.7. The number of para-hydroxylation sites is 1. The molecule has 0 aliphatic carbocycles. The van der Waals surface area contributed by atoms with E-state index in [2.05, 4.69) is 34.2 Å². The van der Waals surface area contributed by atoms with Crippen molar-refractivity contribution in [1.29, 1.82) is 0 Å². The first kappa shape index (κ1) is 16.4. The number of hydrogen-bond acceptors (Lipinski definition) is 2. The number of aryl methyl sites for hydroxylation is 1. The molecule has 0 saturated heterocycles. The topological polar surface area (TPSA) is 55.1 Å². The van der Waals surface area contributed by atoms with E-state index in [0.717, 1.165) is 30.0 Å². The standard InChI is InChI=1S/C20H23N5O/c1-15-17(14-25(22-15)18-7-4-3-5-8-18)13-21-20(26)24-12-11-23-10-6-9-19(23)16(24)2/h3-10,14,16H,11-13H2,1-2H3,(H,21,26). The van der Waals surface area contributed by atoms with Crippen LogP contribution >= 0.6 is 0 Å². The molecular weight excluding hydrogens is 326 g/mol. The van der Waals surface area contributed by atoms with Crippen molar-refractivity contribution in [2.24, 2.45) is 0 Å². The van der Waals surface area contributed by atoms with Gasteiger partial charge in [-0.3, -0.25) is 0 Å². The number of urea groups is 1. The van der Waals surface area contributed by atoms with Crippen LogP contribution in [0.2, 0.25) is 0 Å². The fraction of sp³-hybridized carbons (Fsp3) is 0.300. The van der Waals surface area contributed by atoms with E-state index in [9.17, 15) is 4.79 Å². The third kappa shape index (κ3) is 2.98. The zero-order chi connectivity index (χ0) is 18.1. The summed E-state index contributed by atoms with van der Waals surface area (Å²) in [6.45, 7) is 6.07. The van der Waals surface area contributed by atoms with Gasteiger partial charge in [0.25, 0.3) is 0 Å². The molecule has 1 atom stereocenters. The number of amides is 2. The van der Waals surface area contributed by atoms with E-state index in [1.165, 1.54) is 5.69 Å². The summed E-state index contributed by atoms with van der Waals surface area (Å²) in [5.41, 5.74) is 4.14. The molecule has 3 aromatic rings. The predicted molar refractivity (Wildman–Crippen MR) is 100 cm³/mol. The number of carbonyl (C=O) groups is 1. The lowest BCUT2D eigenvalue weighted by Gasteiger charge is -2.34. The minimum atomic E-state index is -0.0307. The summed E-state index contributed by atoms with van der Waals surface area (Å²) in [6, 6.07) is 14.1. The van der Waals surface area contributed by atoms with Gasteiger partial charge in [-0.25, -0.2) is 9.48 Å². The van der Waals surface area contributed by atoms with Crippen LogP contribution in [0.5, 0.6) is 0 Å². The Morgan fingerprint density at radius 3 is 2.81 bits per heavy atom. The Hall–Kier alpha value is -3.02. The molecule has 0 radical (unpaired) electrons. The summed E-state index contributed by atoms with van der Waals surface area (Å²) in [6.07, 6.45) is 4.05. The fourth-order valence-electron chi connectivity index (χ4n) is 3.51. The third-order valence-electron chi connectivity index (χ3n) is 5.05. The Labute approximate surface area is 153 Å². The van der Waals surface area contributed by atoms with Crippen molar-refractivity contribution in [3.8, 4) is 5.69 Å². The minimum absolute atomic E-state index is 0.0307. The highest BCUT2D eigenvalue weighted by Gasteiger charge is 2.27. The number of rotatable bonds is 3. The van der Waals surface area contributed by atoms with E-state index in [-0.39, 0.29) is 12.1 Å². The predicted octanol–water partition coefficient (Wildman–Crippen LogP) is 3.27. The lowest BCUT2D eigenvalue weighted by Crippen LogP contribution is -2.45. The van der Waals surface area contributed by atoms with Crippen molar-refractivity contribution in [2.45, 2.75) is 33.0 Å². The molecule has 2 amide bonds. The van der Waals surface area contributed by atoms with Crippen LogP contribution < -0.4 is 5.32 Å². The number of nitrogens with zero attached hydrogens (tertiary/aromatic N) is 4. The average molecular weight is 349 g/mol. The molecule has 0 fully saturated rings. The van der Waals surface area contributed by atoms with Crippen LogP contribution in [0.25, 0.3) is 5.69 Å². The number of nitrogens with one attached hydrogen (secondary N) is 1. The van der Waals surface area contributed by atoms with E-state index in [1.807, 2.05) is 59.1 Å². The van der Waals surface area contributed by atoms with Crippen LogP contribution in [-0.2, 0) is 13.1 Å². The number of fused-ring (bicyclic) bond motifs is 1. The maximum absolute atomic E-state index is 12.7. The Bertz CT molecular complexity index is 911. The number of benzene rings is 1. The summed E-state index contributed by atoms with van der Waals surface area (Å²) in [5, 5.41) is 7.61. The van der Waals surface area contributed by atoms with E-state index in [0.29, 0.717) is 6.54 Å². The van der Waals surface area contributed by atoms with Crippen LogP contribution in [-0.4, -0.2) is 31.8 Å². The minimum Gasteiger partial charge on any atom is -0.348 e. The Kier molecular flexibility index (Phi) is 4.24. The SMILES string of the molecule is Cc1nn(-c2ccccc2)cc1CNC(=O)N1CCn2cccc2C1C. The molecule has 1 unspecified atom stereocenters. The van der Waals surface area contributed by atoms with E-state index < -0.39 is 0 Å². The molecule has 1 aliphatic heterocycles. The first-order chi connectivity index (χ1) is 12.6. The van der Waals surface area contributed by atoms with Crippen molar-refractivity contribution in [3.63, 3.8) is 0 Å². The smallest absolute Gasteiger partial charge is 0.318 e. The van der Waals surface area contributed by atoms with E-state index in [4.69, 9.17) is 0 Å². The highest BCUT2D eigenvalue weighted by Crippen LogP contribution is 2.25. The van der Waals surface area contributed by atoms with Crippen molar-refractivity contribution < 1.29 is 4.79 Å². The summed E-state index contributed by atoms with van der Waals surface area (Å²) >= 11 is 0. The van der Waals surface area contributed by atoms with Crippen molar-refractivity contribution in [2.75, 3.05) is 6.54 Å². The molecule has 1 aliphatic rings. The van der Waals surface area contributed by atoms with Gasteiger partial charge in [0.1, 0.15) is 0 Å². The van der Waals surface area contributed by atoms with Crippen LogP contribution in [0.3, 0.4) is 0 Å². The lowest BCUT2D eigenvalue weighted by molar-refractivity contribution is 0.162. The van der Waals surface area contributed by atoms with Crippen LogP contribution in [0.15, 0.2) is 54.9 Å². The quantitative estimate of drug-likeness (QED) is 0.789. The zero-order valence-corrected chi connectivity index (χ0v) is 15.1. The maximum Gasteiger partial charge on any atom is 0.318 e. The fourth-order valence-corrected chi connectivity index (χ4v) is 3.51. The molecular formula is C20H23N5O. The molecule has 0 bridgehead atoms. The average Bonchev–Trinajstić information content (AvgIpc) is 3.28. The largest absolute Gasteiger partial charge is 0.348 e. The Balaban J connectivity index is 1.43. The van der Waals surface area contributed by atoms with Crippen LogP contribution in [0, 0.1) is 6.92 Å². The second kappa shape index (κ2) is 6.71. The van der Waals surface area contributed by atoms with Gasteiger partial charge in [-0.15, -0.1) is 0 Å². The molecule has 0 saturated carbocycles. The van der Waals surface area contributed by atoms with Gasteiger partial charge >= 0.3 is 6.03 Å². The van der Waals surface area contributed by atoms with Crippen LogP contribution in [0.4, 0.5) is 4.79 Å². The van der Waals surface area contributed by atoms with Gasteiger partial charge in [-0.05, 0) is 38.1 Å². The van der Waals surface area contributed by atoms with Gasteiger partial charge in [0.05, 0.1) is 17.4 Å².